The Morgan fingerprint density at radius 2 is 1.91 bits per heavy atom. The average Bonchev–Trinajstić information content (AvgIpc) is 3.01. The van der Waals surface area contributed by atoms with Gasteiger partial charge in [-0.2, -0.15) is 13.2 Å². The molecule has 0 aliphatic carbocycles. The zero-order valence-corrected chi connectivity index (χ0v) is 20.0. The maximum atomic E-state index is 13.3. The number of rotatable bonds is 6. The van der Waals surface area contributed by atoms with Gasteiger partial charge in [0.05, 0.1) is 32.7 Å². The molecule has 1 aromatic heterocycles. The first kappa shape index (κ1) is 25.1. The summed E-state index contributed by atoms with van der Waals surface area (Å²) >= 11 is 6.63. The Morgan fingerprint density at radius 1 is 1.24 bits per heavy atom. The number of hydrogen-bond acceptors (Lipinski definition) is 5. The topological polar surface area (TPSA) is 88.5 Å². The second kappa shape index (κ2) is 8.99. The Labute approximate surface area is 196 Å². The van der Waals surface area contributed by atoms with Crippen molar-refractivity contribution >= 4 is 60.5 Å². The van der Waals surface area contributed by atoms with E-state index < -0.39 is 38.7 Å². The monoisotopic (exact) mass is 521 g/mol. The van der Waals surface area contributed by atoms with Gasteiger partial charge >= 0.3 is 11.0 Å². The van der Waals surface area contributed by atoms with Crippen LogP contribution in [0, 0.1) is 0 Å². The Morgan fingerprint density at radius 3 is 2.48 bits per heavy atom. The van der Waals surface area contributed by atoms with Crippen molar-refractivity contribution in [1.29, 1.82) is 0 Å². The van der Waals surface area contributed by atoms with Gasteiger partial charge in [-0.3, -0.25) is 18.5 Å². The normalized spacial score (nSPS) is 13.2. The number of sulfonamides is 1. The largest absolute Gasteiger partial charge is 0.417 e. The first-order valence-electron chi connectivity index (χ1n) is 9.54. The number of amides is 1. The van der Waals surface area contributed by atoms with Gasteiger partial charge in [0.2, 0.25) is 15.9 Å². The number of fused-ring (bicyclic) bond motifs is 1. The first-order chi connectivity index (χ1) is 15.2. The fraction of sp³-hybridized carbons (Fsp3) is 0.300. The van der Waals surface area contributed by atoms with Crippen LogP contribution in [-0.4, -0.2) is 31.2 Å². The van der Waals surface area contributed by atoms with E-state index in [0.29, 0.717) is 32.8 Å². The van der Waals surface area contributed by atoms with Gasteiger partial charge in [-0.15, -0.1) is 0 Å². The van der Waals surface area contributed by atoms with E-state index in [1.54, 1.807) is 22.8 Å². The van der Waals surface area contributed by atoms with Crippen molar-refractivity contribution in [1.82, 2.24) is 4.57 Å². The molecule has 0 fully saturated rings. The molecule has 0 spiro atoms. The number of aryl methyl sites for hydroxylation is 1. The lowest BCUT2D eigenvalue weighted by Crippen LogP contribution is -2.45. The van der Waals surface area contributed by atoms with E-state index in [2.05, 4.69) is 5.32 Å². The van der Waals surface area contributed by atoms with Crippen molar-refractivity contribution < 1.29 is 26.4 Å². The van der Waals surface area contributed by atoms with Crippen molar-refractivity contribution in [2.24, 2.45) is 0 Å². The molecule has 1 unspecified atom stereocenters. The quantitative estimate of drug-likeness (QED) is 0.515. The summed E-state index contributed by atoms with van der Waals surface area (Å²) in [5.41, 5.74) is -0.573. The smallest absolute Gasteiger partial charge is 0.324 e. The molecule has 3 aromatic rings. The number of anilines is 2. The third-order valence-electron chi connectivity index (χ3n) is 4.85. The number of carbonyl (C=O) groups excluding carboxylic acids is 1. The maximum absolute atomic E-state index is 13.3. The molecule has 33 heavy (non-hydrogen) atoms. The summed E-state index contributed by atoms with van der Waals surface area (Å²) in [6, 6.07) is 6.00. The fourth-order valence-electron chi connectivity index (χ4n) is 3.37. The second-order valence-electron chi connectivity index (χ2n) is 7.18. The predicted molar refractivity (Wildman–Crippen MR) is 124 cm³/mol. The van der Waals surface area contributed by atoms with E-state index in [1.165, 1.54) is 6.92 Å². The van der Waals surface area contributed by atoms with Crippen LogP contribution >= 0.6 is 22.9 Å². The summed E-state index contributed by atoms with van der Waals surface area (Å²) in [6.07, 6.45) is -4.02. The second-order valence-corrected chi connectivity index (χ2v) is 10.4. The Balaban J connectivity index is 1.95. The fourth-order valence-corrected chi connectivity index (χ4v) is 5.75. The number of aromatic nitrogens is 1. The van der Waals surface area contributed by atoms with Crippen LogP contribution in [0.5, 0.6) is 0 Å². The van der Waals surface area contributed by atoms with Gasteiger partial charge < -0.3 is 5.32 Å². The predicted octanol–water partition coefficient (Wildman–Crippen LogP) is 4.55. The lowest BCUT2D eigenvalue weighted by atomic mass is 10.1. The third kappa shape index (κ3) is 5.17. The van der Waals surface area contributed by atoms with Gasteiger partial charge in [0.15, 0.2) is 0 Å². The summed E-state index contributed by atoms with van der Waals surface area (Å²) in [7, 11) is -4.15. The van der Waals surface area contributed by atoms with E-state index in [9.17, 15) is 31.2 Å². The summed E-state index contributed by atoms with van der Waals surface area (Å²) < 4.78 is 67.4. The van der Waals surface area contributed by atoms with Crippen LogP contribution in [0.15, 0.2) is 41.2 Å². The molecule has 2 aromatic carbocycles. The molecule has 0 aliphatic rings. The van der Waals surface area contributed by atoms with Crippen LogP contribution in [0.4, 0.5) is 24.5 Å². The highest BCUT2D eigenvalue weighted by Crippen LogP contribution is 2.38. The summed E-state index contributed by atoms with van der Waals surface area (Å²) in [5, 5.41) is 1.97. The molecule has 0 bridgehead atoms. The molecule has 0 radical (unpaired) electrons. The SMILES string of the molecule is CCn1c(=O)sc2cc(NC(=O)C(C)N(c3ccc(Cl)c(C(F)(F)F)c3)S(C)(=O)=O)ccc21. The zero-order valence-electron chi connectivity index (χ0n) is 17.6. The molecular weight excluding hydrogens is 503 g/mol. The van der Waals surface area contributed by atoms with E-state index in [-0.39, 0.29) is 10.6 Å². The molecule has 13 heteroatoms. The number of alkyl halides is 3. The highest BCUT2D eigenvalue weighted by molar-refractivity contribution is 7.92. The number of thiazole rings is 1. The van der Waals surface area contributed by atoms with Crippen molar-refractivity contribution in [3.05, 3.63) is 56.7 Å². The molecule has 1 heterocycles. The summed E-state index contributed by atoms with van der Waals surface area (Å²) in [5.74, 6) is -0.773. The lowest BCUT2D eigenvalue weighted by Gasteiger charge is -2.29. The van der Waals surface area contributed by atoms with Crippen molar-refractivity contribution in [2.75, 3.05) is 15.9 Å². The molecule has 7 nitrogen and oxygen atoms in total. The first-order valence-corrected chi connectivity index (χ1v) is 12.6. The van der Waals surface area contributed by atoms with Gasteiger partial charge in [-0.1, -0.05) is 22.9 Å². The van der Waals surface area contributed by atoms with E-state index in [0.717, 1.165) is 29.7 Å². The molecule has 1 atom stereocenters. The van der Waals surface area contributed by atoms with Crippen molar-refractivity contribution in [3.8, 4) is 0 Å². The number of benzene rings is 2. The van der Waals surface area contributed by atoms with Gasteiger partial charge in [0, 0.05) is 12.2 Å². The van der Waals surface area contributed by atoms with Crippen LogP contribution in [-0.2, 0) is 27.5 Å². The minimum Gasteiger partial charge on any atom is -0.324 e. The molecule has 1 amide bonds. The molecule has 3 rings (SSSR count). The van der Waals surface area contributed by atoms with Crippen LogP contribution in [0.1, 0.15) is 19.4 Å². The molecule has 0 saturated carbocycles. The zero-order chi connectivity index (χ0) is 24.7. The van der Waals surface area contributed by atoms with Crippen LogP contribution < -0.4 is 14.5 Å². The maximum Gasteiger partial charge on any atom is 0.417 e. The standard InChI is InChI=1S/C20H19ClF3N3O4S2/c1-4-26-16-8-5-12(9-17(16)32-19(26)29)25-18(28)11(2)27(33(3,30)31)13-6-7-15(21)14(10-13)20(22,23)24/h5-11H,4H2,1-3H3,(H,25,28). The van der Waals surface area contributed by atoms with Gasteiger partial charge in [-0.25, -0.2) is 8.42 Å². The minimum absolute atomic E-state index is 0.157. The van der Waals surface area contributed by atoms with Crippen LogP contribution in [0.25, 0.3) is 10.2 Å². The van der Waals surface area contributed by atoms with Gasteiger partial charge in [-0.05, 0) is 50.2 Å². The summed E-state index contributed by atoms with van der Waals surface area (Å²) in [6.45, 7) is 3.56. The van der Waals surface area contributed by atoms with Crippen molar-refractivity contribution in [2.45, 2.75) is 32.6 Å². The van der Waals surface area contributed by atoms with Crippen molar-refractivity contribution in [3.63, 3.8) is 0 Å². The lowest BCUT2D eigenvalue weighted by molar-refractivity contribution is -0.137. The highest BCUT2D eigenvalue weighted by Gasteiger charge is 2.36. The van der Waals surface area contributed by atoms with Gasteiger partial charge in [0.1, 0.15) is 6.04 Å². The van der Waals surface area contributed by atoms with E-state index in [1.807, 2.05) is 6.92 Å². The average molecular weight is 522 g/mol. The van der Waals surface area contributed by atoms with E-state index in [4.69, 9.17) is 11.6 Å². The number of hydrogen-bond donors (Lipinski definition) is 1. The Bertz CT molecular complexity index is 1380. The van der Waals surface area contributed by atoms with E-state index >= 15 is 0 Å². The Hall–Kier alpha value is -2.57. The van der Waals surface area contributed by atoms with Crippen LogP contribution in [0.3, 0.4) is 0 Å². The molecular formula is C20H19ClF3N3O4S2. The van der Waals surface area contributed by atoms with Gasteiger partial charge in [0.25, 0.3) is 0 Å². The Kier molecular flexibility index (Phi) is 6.83. The molecule has 1 N–H and O–H groups in total. The number of nitrogens with zero attached hydrogens (tertiary/aromatic N) is 2. The highest BCUT2D eigenvalue weighted by atomic mass is 35.5. The third-order valence-corrected chi connectivity index (χ3v) is 7.36. The number of nitrogens with one attached hydrogen (secondary N) is 1. The molecule has 178 valence electrons. The molecule has 0 aliphatic heterocycles. The number of halogens is 4. The minimum atomic E-state index is -4.81. The van der Waals surface area contributed by atoms with Crippen LogP contribution in [0.2, 0.25) is 5.02 Å². The number of carbonyl (C=O) groups is 1. The molecule has 0 saturated heterocycles. The summed E-state index contributed by atoms with van der Waals surface area (Å²) in [4.78, 5) is 24.7.